The van der Waals surface area contributed by atoms with Crippen molar-refractivity contribution in [1.82, 2.24) is 15.1 Å². The maximum absolute atomic E-state index is 12.2. The summed E-state index contributed by atoms with van der Waals surface area (Å²) in [5, 5.41) is 3.44. The van der Waals surface area contributed by atoms with Crippen molar-refractivity contribution in [3.63, 3.8) is 0 Å². The van der Waals surface area contributed by atoms with Gasteiger partial charge >= 0.3 is 0 Å². The molecule has 0 spiro atoms. The van der Waals surface area contributed by atoms with Gasteiger partial charge in [-0.05, 0) is 49.4 Å². The fraction of sp³-hybridized carbons (Fsp3) is 0.385. The summed E-state index contributed by atoms with van der Waals surface area (Å²) in [4.78, 5) is 21.0. The van der Waals surface area contributed by atoms with E-state index in [1.54, 1.807) is 19.0 Å². The average Bonchev–Trinajstić information content (AvgIpc) is 2.79. The maximum atomic E-state index is 12.2. The van der Waals surface area contributed by atoms with Crippen molar-refractivity contribution in [2.45, 2.75) is 26.2 Å². The summed E-state index contributed by atoms with van der Waals surface area (Å²) in [6.45, 7) is 5.63. The number of likely N-dealkylation sites (tertiary alicyclic amines) is 1. The van der Waals surface area contributed by atoms with E-state index < -0.39 is 0 Å². The van der Waals surface area contributed by atoms with Crippen LogP contribution < -0.4 is 5.32 Å². The van der Waals surface area contributed by atoms with Crippen molar-refractivity contribution in [3.05, 3.63) is 76.9 Å². The number of hydrogen-bond acceptors (Lipinski definition) is 2. The number of carbonyl (C=O) groups excluding carboxylic acids is 1. The Bertz CT molecular complexity index is 914. The number of nitrogens with one attached hydrogen (secondary N) is 1. The van der Waals surface area contributed by atoms with Gasteiger partial charge in [0.15, 0.2) is 5.96 Å². The largest absolute Gasteiger partial charge is 0.357 e. The van der Waals surface area contributed by atoms with Crippen LogP contribution in [0.3, 0.4) is 0 Å². The molecule has 5 nitrogen and oxygen atoms in total. The van der Waals surface area contributed by atoms with Crippen molar-refractivity contribution in [2.75, 3.05) is 40.3 Å². The van der Waals surface area contributed by atoms with Gasteiger partial charge < -0.3 is 15.1 Å². The molecule has 0 bridgehead atoms. The highest BCUT2D eigenvalue weighted by Crippen LogP contribution is 2.19. The van der Waals surface area contributed by atoms with Crippen LogP contribution in [0.4, 0.5) is 0 Å². The van der Waals surface area contributed by atoms with Crippen LogP contribution in [0.1, 0.15) is 41.3 Å². The Morgan fingerprint density at radius 1 is 1.09 bits per heavy atom. The topological polar surface area (TPSA) is 47.9 Å². The quantitative estimate of drug-likeness (QED) is 0.325. The second-order valence-electron chi connectivity index (χ2n) is 8.09. The number of nitrogens with zero attached hydrogens (tertiary/aromatic N) is 3. The number of halogens is 1. The van der Waals surface area contributed by atoms with Gasteiger partial charge in [0.2, 0.25) is 0 Å². The van der Waals surface area contributed by atoms with E-state index in [0.29, 0.717) is 6.54 Å². The Hall–Kier alpha value is -2.35. The van der Waals surface area contributed by atoms with E-state index in [4.69, 9.17) is 4.99 Å². The predicted octanol–water partition coefficient (Wildman–Crippen LogP) is 4.69. The lowest BCUT2D eigenvalue weighted by Gasteiger charge is -2.31. The van der Waals surface area contributed by atoms with Gasteiger partial charge in [-0.1, -0.05) is 54.1 Å². The van der Waals surface area contributed by atoms with Crippen molar-refractivity contribution in [2.24, 2.45) is 4.99 Å². The first-order chi connectivity index (χ1) is 15.1. The molecule has 1 fully saturated rings. The summed E-state index contributed by atoms with van der Waals surface area (Å²) in [5.41, 5.74) is 4.65. The van der Waals surface area contributed by atoms with Crippen LogP contribution in [-0.4, -0.2) is 61.9 Å². The molecule has 3 rings (SSSR count). The molecule has 0 aromatic heterocycles. The highest BCUT2D eigenvalue weighted by molar-refractivity contribution is 14.0. The summed E-state index contributed by atoms with van der Waals surface area (Å²) in [6.07, 6.45) is 5.27. The Labute approximate surface area is 209 Å². The molecule has 1 N–H and O–H groups in total. The normalized spacial score (nSPS) is 13.9. The second kappa shape index (κ2) is 13.3. The molecule has 1 aliphatic heterocycles. The standard InChI is InChI=1S/C26H34N4O.HI/c1-4-27-26(28-16-13-22-11-8-12-24(20-22)25(31)29(2)3)30-17-14-23(15-18-30)19-21-9-6-5-7-10-21;/h5-12,19-20H,4,13-18H2,1-3H3,(H,27,28);1H. The molecular formula is C26H35IN4O. The van der Waals surface area contributed by atoms with E-state index in [2.05, 4.69) is 59.6 Å². The Morgan fingerprint density at radius 2 is 1.81 bits per heavy atom. The third-order valence-electron chi connectivity index (χ3n) is 5.45. The zero-order valence-electron chi connectivity index (χ0n) is 19.4. The van der Waals surface area contributed by atoms with E-state index >= 15 is 0 Å². The highest BCUT2D eigenvalue weighted by atomic mass is 127. The third-order valence-corrected chi connectivity index (χ3v) is 5.45. The molecule has 2 aromatic rings. The van der Waals surface area contributed by atoms with E-state index in [1.165, 1.54) is 11.1 Å². The van der Waals surface area contributed by atoms with E-state index in [-0.39, 0.29) is 29.9 Å². The number of rotatable bonds is 6. The molecule has 1 amide bonds. The summed E-state index contributed by atoms with van der Waals surface area (Å²) in [6, 6.07) is 18.4. The Morgan fingerprint density at radius 3 is 2.47 bits per heavy atom. The molecule has 172 valence electrons. The summed E-state index contributed by atoms with van der Waals surface area (Å²) in [5.74, 6) is 1.02. The molecule has 32 heavy (non-hydrogen) atoms. The first-order valence-corrected chi connectivity index (χ1v) is 11.1. The first kappa shape index (κ1) is 25.9. The third kappa shape index (κ3) is 7.65. The number of amides is 1. The molecule has 1 heterocycles. The molecular weight excluding hydrogens is 511 g/mol. The van der Waals surface area contributed by atoms with Crippen LogP contribution in [0.2, 0.25) is 0 Å². The van der Waals surface area contributed by atoms with E-state index in [1.807, 2.05) is 18.2 Å². The van der Waals surface area contributed by atoms with Gasteiger partial charge in [0, 0.05) is 45.8 Å². The fourth-order valence-corrected chi connectivity index (χ4v) is 3.77. The molecule has 0 radical (unpaired) electrons. The molecule has 1 saturated heterocycles. The first-order valence-electron chi connectivity index (χ1n) is 11.1. The number of hydrogen-bond donors (Lipinski definition) is 1. The van der Waals surface area contributed by atoms with Crippen LogP contribution in [0.5, 0.6) is 0 Å². The molecule has 1 aliphatic rings. The van der Waals surface area contributed by atoms with Crippen molar-refractivity contribution in [3.8, 4) is 0 Å². The highest BCUT2D eigenvalue weighted by Gasteiger charge is 2.17. The average molecular weight is 546 g/mol. The van der Waals surface area contributed by atoms with Crippen LogP contribution >= 0.6 is 24.0 Å². The van der Waals surface area contributed by atoms with Gasteiger partial charge in [0.1, 0.15) is 0 Å². The summed E-state index contributed by atoms with van der Waals surface area (Å²) < 4.78 is 0. The number of carbonyl (C=O) groups is 1. The van der Waals surface area contributed by atoms with Gasteiger partial charge in [-0.2, -0.15) is 0 Å². The Balaban J connectivity index is 0.00000363. The number of guanidine groups is 1. The van der Waals surface area contributed by atoms with Crippen LogP contribution in [-0.2, 0) is 6.42 Å². The smallest absolute Gasteiger partial charge is 0.253 e. The fourth-order valence-electron chi connectivity index (χ4n) is 3.77. The minimum Gasteiger partial charge on any atom is -0.357 e. The number of aliphatic imine (C=N–C) groups is 1. The molecule has 0 aliphatic carbocycles. The van der Waals surface area contributed by atoms with Gasteiger partial charge in [-0.25, -0.2) is 0 Å². The number of benzene rings is 2. The lowest BCUT2D eigenvalue weighted by Crippen LogP contribution is -2.44. The predicted molar refractivity (Wildman–Crippen MR) is 145 cm³/mol. The van der Waals surface area contributed by atoms with Crippen LogP contribution in [0.25, 0.3) is 6.08 Å². The van der Waals surface area contributed by atoms with E-state index in [0.717, 1.165) is 56.0 Å². The van der Waals surface area contributed by atoms with Gasteiger partial charge in [-0.3, -0.25) is 9.79 Å². The number of piperidine rings is 1. The van der Waals surface area contributed by atoms with Gasteiger partial charge in [0.25, 0.3) is 5.91 Å². The zero-order valence-corrected chi connectivity index (χ0v) is 21.7. The SMILES string of the molecule is CCNC(=NCCc1cccc(C(=O)N(C)C)c1)N1CCC(=Cc2ccccc2)CC1.I. The van der Waals surface area contributed by atoms with Crippen LogP contribution in [0, 0.1) is 0 Å². The minimum atomic E-state index is 0. The lowest BCUT2D eigenvalue weighted by atomic mass is 10.0. The minimum absolute atomic E-state index is 0. The van der Waals surface area contributed by atoms with Gasteiger partial charge in [-0.15, -0.1) is 24.0 Å². The Kier molecular flexibility index (Phi) is 10.7. The lowest BCUT2D eigenvalue weighted by molar-refractivity contribution is 0.0827. The monoisotopic (exact) mass is 546 g/mol. The molecule has 0 atom stereocenters. The molecule has 0 unspecified atom stereocenters. The van der Waals surface area contributed by atoms with Crippen LogP contribution in [0.15, 0.2) is 65.2 Å². The summed E-state index contributed by atoms with van der Waals surface area (Å²) >= 11 is 0. The maximum Gasteiger partial charge on any atom is 0.253 e. The van der Waals surface area contributed by atoms with Crippen molar-refractivity contribution in [1.29, 1.82) is 0 Å². The summed E-state index contributed by atoms with van der Waals surface area (Å²) in [7, 11) is 3.56. The van der Waals surface area contributed by atoms with Gasteiger partial charge in [0.05, 0.1) is 0 Å². The van der Waals surface area contributed by atoms with Crippen molar-refractivity contribution < 1.29 is 4.79 Å². The van der Waals surface area contributed by atoms with Crippen molar-refractivity contribution >= 4 is 41.9 Å². The molecule has 2 aromatic carbocycles. The second-order valence-corrected chi connectivity index (χ2v) is 8.09. The van der Waals surface area contributed by atoms with E-state index in [9.17, 15) is 4.79 Å². The zero-order chi connectivity index (χ0) is 22.1. The molecule has 6 heteroatoms. The molecule has 0 saturated carbocycles.